The summed E-state index contributed by atoms with van der Waals surface area (Å²) in [6, 6.07) is 0. The zero-order valence-electron chi connectivity index (χ0n) is 15.1. The smallest absolute Gasteiger partial charge is 0.378 e. The second kappa shape index (κ2) is 10.7. The first-order valence-corrected chi connectivity index (χ1v) is 9.94. The Kier molecular flexibility index (Phi) is 8.64. The Balaban J connectivity index is 1.56. The van der Waals surface area contributed by atoms with Gasteiger partial charge in [0, 0.05) is 38.5 Å². The molecule has 0 radical (unpaired) electrons. The first-order chi connectivity index (χ1) is 12.5. The van der Waals surface area contributed by atoms with Crippen LogP contribution in [0.3, 0.4) is 0 Å². The third-order valence-electron chi connectivity index (χ3n) is 4.22. The second-order valence-electron chi connectivity index (χ2n) is 6.28. The number of rotatable bonds is 8. The van der Waals surface area contributed by atoms with E-state index in [9.17, 15) is 13.2 Å². The highest BCUT2D eigenvalue weighted by Crippen LogP contribution is 2.30. The van der Waals surface area contributed by atoms with Crippen molar-refractivity contribution in [1.29, 1.82) is 0 Å². The zero-order valence-corrected chi connectivity index (χ0v) is 15.9. The molecule has 1 heterocycles. The maximum Gasteiger partial charge on any atom is 0.434 e. The lowest BCUT2D eigenvalue weighted by Crippen LogP contribution is -2.39. The van der Waals surface area contributed by atoms with Gasteiger partial charge in [-0.05, 0) is 19.3 Å². The molecule has 0 bridgehead atoms. The third-order valence-corrected chi connectivity index (χ3v) is 5.13. The van der Waals surface area contributed by atoms with Gasteiger partial charge in [0.25, 0.3) is 0 Å². The molecule has 2 rings (SSSR count). The molecule has 5 nitrogen and oxygen atoms in total. The van der Waals surface area contributed by atoms with Crippen LogP contribution in [0.15, 0.2) is 10.4 Å². The van der Waals surface area contributed by atoms with E-state index in [0.29, 0.717) is 30.0 Å². The summed E-state index contributed by atoms with van der Waals surface area (Å²) < 4.78 is 43.4. The minimum Gasteiger partial charge on any atom is -0.378 e. The Labute approximate surface area is 156 Å². The number of nitrogens with zero attached hydrogens (tertiary/aromatic N) is 2. The quantitative estimate of drug-likeness (QED) is 0.403. The molecule has 2 N–H and O–H groups in total. The van der Waals surface area contributed by atoms with Gasteiger partial charge >= 0.3 is 6.18 Å². The van der Waals surface area contributed by atoms with Crippen molar-refractivity contribution in [3.63, 3.8) is 0 Å². The molecule has 0 amide bonds. The van der Waals surface area contributed by atoms with E-state index in [1.807, 2.05) is 0 Å². The fraction of sp³-hybridized carbons (Fsp3) is 0.765. The van der Waals surface area contributed by atoms with Crippen molar-refractivity contribution in [2.24, 2.45) is 4.99 Å². The van der Waals surface area contributed by atoms with Crippen LogP contribution in [0.25, 0.3) is 0 Å². The number of aromatic nitrogens is 1. The summed E-state index contributed by atoms with van der Waals surface area (Å²) in [6.45, 7) is 1.94. The topological polar surface area (TPSA) is 58.5 Å². The Hall–Kier alpha value is -1.35. The molecule has 0 saturated heterocycles. The number of thiazole rings is 1. The average Bonchev–Trinajstić information content (AvgIpc) is 3.10. The molecule has 0 aromatic carbocycles. The Bertz CT molecular complexity index is 556. The fourth-order valence-corrected chi connectivity index (χ4v) is 3.63. The van der Waals surface area contributed by atoms with Crippen LogP contribution in [-0.4, -0.2) is 43.8 Å². The number of aliphatic imine (C=N–C) groups is 1. The number of hydrogen-bond acceptors (Lipinski definition) is 4. The van der Waals surface area contributed by atoms with Crippen molar-refractivity contribution in [2.45, 2.75) is 57.2 Å². The second-order valence-corrected chi connectivity index (χ2v) is 7.23. The zero-order chi connectivity index (χ0) is 18.8. The summed E-state index contributed by atoms with van der Waals surface area (Å²) in [4.78, 5) is 7.72. The van der Waals surface area contributed by atoms with E-state index >= 15 is 0 Å². The summed E-state index contributed by atoms with van der Waals surface area (Å²) in [5.74, 6) is 0.635. The van der Waals surface area contributed by atoms with Gasteiger partial charge in [-0.3, -0.25) is 4.99 Å². The summed E-state index contributed by atoms with van der Waals surface area (Å²) in [5.41, 5.74) is -0.821. The summed E-state index contributed by atoms with van der Waals surface area (Å²) in [7, 11) is 1.67. The molecule has 26 heavy (non-hydrogen) atoms. The van der Waals surface area contributed by atoms with Gasteiger partial charge in [0.05, 0.1) is 11.1 Å². The number of ether oxygens (including phenoxy) is 1. The van der Waals surface area contributed by atoms with Gasteiger partial charge in [-0.2, -0.15) is 13.2 Å². The molecule has 0 aliphatic heterocycles. The Morgan fingerprint density at radius 1 is 1.27 bits per heavy atom. The van der Waals surface area contributed by atoms with Crippen LogP contribution in [0.1, 0.15) is 49.2 Å². The molecule has 9 heteroatoms. The van der Waals surface area contributed by atoms with E-state index in [4.69, 9.17) is 4.74 Å². The van der Waals surface area contributed by atoms with E-state index in [2.05, 4.69) is 20.6 Å². The van der Waals surface area contributed by atoms with Gasteiger partial charge in [-0.1, -0.05) is 19.3 Å². The summed E-state index contributed by atoms with van der Waals surface area (Å²) >= 11 is 1.03. The molecule has 1 saturated carbocycles. The highest BCUT2D eigenvalue weighted by Gasteiger charge is 2.33. The maximum atomic E-state index is 12.5. The normalized spacial score (nSPS) is 16.7. The standard InChI is InChI=1S/C17H27F3N4OS/c1-21-16(22-9-5-11-25-13-6-3-2-4-7-13)23-10-8-15-24-14(12-26-15)17(18,19)20/h12-13H,2-11H2,1H3,(H2,21,22,23). The van der Waals surface area contributed by atoms with Gasteiger partial charge in [-0.15, -0.1) is 11.3 Å². The average molecular weight is 392 g/mol. The molecule has 0 atom stereocenters. The lowest BCUT2D eigenvalue weighted by atomic mass is 9.98. The van der Waals surface area contributed by atoms with E-state index in [-0.39, 0.29) is 0 Å². The molecule has 0 unspecified atom stereocenters. The molecule has 1 aromatic heterocycles. The molecule has 148 valence electrons. The minimum atomic E-state index is -4.38. The molecule has 0 spiro atoms. The van der Waals surface area contributed by atoms with Crippen molar-refractivity contribution < 1.29 is 17.9 Å². The van der Waals surface area contributed by atoms with Gasteiger partial charge in [0.15, 0.2) is 11.7 Å². The number of alkyl halides is 3. The first-order valence-electron chi connectivity index (χ1n) is 9.07. The van der Waals surface area contributed by atoms with E-state index < -0.39 is 11.9 Å². The molecule has 1 fully saturated rings. The number of guanidine groups is 1. The van der Waals surface area contributed by atoms with Crippen LogP contribution in [-0.2, 0) is 17.3 Å². The lowest BCUT2D eigenvalue weighted by molar-refractivity contribution is -0.140. The maximum absolute atomic E-state index is 12.5. The van der Waals surface area contributed by atoms with E-state index in [1.165, 1.54) is 32.1 Å². The molecule has 1 aliphatic rings. The van der Waals surface area contributed by atoms with Crippen molar-refractivity contribution >= 4 is 17.3 Å². The minimum absolute atomic E-state index is 0.418. The third kappa shape index (κ3) is 7.49. The highest BCUT2D eigenvalue weighted by atomic mass is 32.1. The monoisotopic (exact) mass is 392 g/mol. The number of hydrogen-bond donors (Lipinski definition) is 2. The van der Waals surface area contributed by atoms with Crippen molar-refractivity contribution in [3.8, 4) is 0 Å². The molecule has 1 aliphatic carbocycles. The Morgan fingerprint density at radius 2 is 2.00 bits per heavy atom. The van der Waals surface area contributed by atoms with Crippen LogP contribution < -0.4 is 10.6 Å². The number of nitrogens with one attached hydrogen (secondary N) is 2. The lowest BCUT2D eigenvalue weighted by Gasteiger charge is -2.22. The van der Waals surface area contributed by atoms with Crippen molar-refractivity contribution in [1.82, 2.24) is 15.6 Å². The summed E-state index contributed by atoms with van der Waals surface area (Å²) in [6.07, 6.45) is 3.55. The predicted octanol–water partition coefficient (Wildman–Crippen LogP) is 3.61. The molecule has 1 aromatic rings. The van der Waals surface area contributed by atoms with Crippen LogP contribution in [0.2, 0.25) is 0 Å². The first kappa shape index (κ1) is 21.0. The van der Waals surface area contributed by atoms with Gasteiger partial charge in [-0.25, -0.2) is 4.98 Å². The Morgan fingerprint density at radius 3 is 2.65 bits per heavy atom. The van der Waals surface area contributed by atoms with E-state index in [1.54, 1.807) is 7.05 Å². The van der Waals surface area contributed by atoms with Gasteiger partial charge in [0.1, 0.15) is 0 Å². The summed E-state index contributed by atoms with van der Waals surface area (Å²) in [5, 5.41) is 7.78. The van der Waals surface area contributed by atoms with E-state index in [0.717, 1.165) is 36.3 Å². The van der Waals surface area contributed by atoms with Gasteiger partial charge in [0.2, 0.25) is 0 Å². The molecular formula is C17H27F3N4OS. The largest absolute Gasteiger partial charge is 0.434 e. The predicted molar refractivity (Wildman–Crippen MR) is 97.6 cm³/mol. The van der Waals surface area contributed by atoms with Crippen molar-refractivity contribution in [2.75, 3.05) is 26.7 Å². The highest BCUT2D eigenvalue weighted by molar-refractivity contribution is 7.09. The van der Waals surface area contributed by atoms with Gasteiger partial charge < -0.3 is 15.4 Å². The fourth-order valence-electron chi connectivity index (χ4n) is 2.83. The van der Waals surface area contributed by atoms with Crippen LogP contribution in [0, 0.1) is 0 Å². The van der Waals surface area contributed by atoms with Crippen molar-refractivity contribution in [3.05, 3.63) is 16.1 Å². The van der Waals surface area contributed by atoms with Crippen LogP contribution in [0.4, 0.5) is 13.2 Å². The van der Waals surface area contributed by atoms with Crippen LogP contribution >= 0.6 is 11.3 Å². The SMILES string of the molecule is CN=C(NCCCOC1CCCCC1)NCCc1nc(C(F)(F)F)cs1. The van der Waals surface area contributed by atoms with Crippen LogP contribution in [0.5, 0.6) is 0 Å². The molecular weight excluding hydrogens is 365 g/mol. The number of halogens is 3.